The van der Waals surface area contributed by atoms with E-state index in [2.05, 4.69) is 20.9 Å². The van der Waals surface area contributed by atoms with Gasteiger partial charge in [0.1, 0.15) is 5.17 Å². The fourth-order valence-corrected chi connectivity index (χ4v) is 2.23. The Hall–Kier alpha value is -0.830. The summed E-state index contributed by atoms with van der Waals surface area (Å²) in [4.78, 5) is 4.34. The van der Waals surface area contributed by atoms with Gasteiger partial charge in [0.05, 0.1) is 11.6 Å². The van der Waals surface area contributed by atoms with Crippen molar-refractivity contribution in [2.24, 2.45) is 4.99 Å². The van der Waals surface area contributed by atoms with E-state index in [4.69, 9.17) is 23.2 Å². The molecule has 0 aliphatic carbocycles. The summed E-state index contributed by atoms with van der Waals surface area (Å²) in [5, 5.41) is 1.05. The van der Waals surface area contributed by atoms with Crippen LogP contribution in [0.15, 0.2) is 58.0 Å². The molecule has 0 aliphatic rings. The highest BCUT2D eigenvalue weighted by Crippen LogP contribution is 2.18. The molecule has 0 amide bonds. The van der Waals surface area contributed by atoms with E-state index >= 15 is 0 Å². The van der Waals surface area contributed by atoms with Crippen molar-refractivity contribution in [3.8, 4) is 0 Å². The first kappa shape index (κ1) is 13.6. The lowest BCUT2D eigenvalue weighted by atomic mass is 10.2. The predicted octanol–water partition coefficient (Wildman–Crippen LogP) is 5.29. The van der Waals surface area contributed by atoms with Gasteiger partial charge in [-0.3, -0.25) is 4.99 Å². The van der Waals surface area contributed by atoms with E-state index in [1.165, 1.54) is 0 Å². The van der Waals surface area contributed by atoms with Crippen molar-refractivity contribution in [3.63, 3.8) is 0 Å². The van der Waals surface area contributed by atoms with Gasteiger partial charge in [-0.1, -0.05) is 69.5 Å². The molecule has 0 N–H and O–H groups in total. The average Bonchev–Trinajstić information content (AvgIpc) is 2.38. The minimum atomic E-state index is 0.434. The van der Waals surface area contributed by atoms with E-state index in [0.717, 1.165) is 15.6 Å². The summed E-state index contributed by atoms with van der Waals surface area (Å²) in [7, 11) is 0. The zero-order valence-corrected chi connectivity index (χ0v) is 12.5. The van der Waals surface area contributed by atoms with Crippen LogP contribution in [0.25, 0.3) is 0 Å². The second kappa shape index (κ2) is 6.37. The maximum Gasteiger partial charge on any atom is 0.132 e. The highest BCUT2D eigenvalue weighted by atomic mass is 79.9. The third-order valence-corrected chi connectivity index (χ3v) is 3.59. The van der Waals surface area contributed by atoms with Crippen molar-refractivity contribution >= 4 is 44.3 Å². The quantitative estimate of drug-likeness (QED) is 0.672. The summed E-state index contributed by atoms with van der Waals surface area (Å²) < 4.78 is 1.05. The van der Waals surface area contributed by atoms with Gasteiger partial charge in [0, 0.05) is 10.0 Å². The van der Waals surface area contributed by atoms with E-state index in [1.807, 2.05) is 42.5 Å². The molecule has 0 aromatic heterocycles. The van der Waals surface area contributed by atoms with E-state index in [1.54, 1.807) is 6.07 Å². The molecule has 0 atom stereocenters. The van der Waals surface area contributed by atoms with Crippen LogP contribution in [0.4, 0.5) is 0 Å². The molecule has 0 unspecified atom stereocenters. The van der Waals surface area contributed by atoms with Crippen LogP contribution in [-0.2, 0) is 6.54 Å². The van der Waals surface area contributed by atoms with Crippen molar-refractivity contribution in [3.05, 3.63) is 69.2 Å². The van der Waals surface area contributed by atoms with Crippen LogP contribution in [0.1, 0.15) is 11.1 Å². The maximum absolute atomic E-state index is 6.15. The third-order valence-electron chi connectivity index (χ3n) is 2.41. The molecule has 1 nitrogen and oxygen atoms in total. The average molecular weight is 343 g/mol. The standard InChI is InChI=1S/C14H10BrCl2N/c15-11-7-5-10(6-8-11)9-18-14(17)12-3-1-2-4-13(12)16/h1-8H,9H2/b18-14-. The predicted molar refractivity (Wildman–Crippen MR) is 81.7 cm³/mol. The second-order valence-corrected chi connectivity index (χ2v) is 5.39. The van der Waals surface area contributed by atoms with Crippen LogP contribution in [-0.4, -0.2) is 5.17 Å². The first-order valence-corrected chi connectivity index (χ1v) is 6.91. The summed E-state index contributed by atoms with van der Waals surface area (Å²) in [5.41, 5.74) is 1.86. The Morgan fingerprint density at radius 2 is 1.72 bits per heavy atom. The van der Waals surface area contributed by atoms with Gasteiger partial charge in [0.2, 0.25) is 0 Å². The number of hydrogen-bond acceptors (Lipinski definition) is 1. The molecular formula is C14H10BrCl2N. The summed E-state index contributed by atoms with van der Waals surface area (Å²) in [6.45, 7) is 0.539. The lowest BCUT2D eigenvalue weighted by molar-refractivity contribution is 1.07. The summed E-state index contributed by atoms with van der Waals surface area (Å²) in [6.07, 6.45) is 0. The summed E-state index contributed by atoms with van der Waals surface area (Å²) in [6, 6.07) is 15.4. The first-order valence-electron chi connectivity index (χ1n) is 5.36. The molecule has 2 rings (SSSR count). The fourth-order valence-electron chi connectivity index (χ4n) is 1.46. The number of rotatable bonds is 3. The minimum absolute atomic E-state index is 0.434. The Labute approximate surface area is 125 Å². The number of hydrogen-bond donors (Lipinski definition) is 0. The molecule has 0 heterocycles. The van der Waals surface area contributed by atoms with Crippen LogP contribution < -0.4 is 0 Å². The molecule has 0 aliphatic heterocycles. The van der Waals surface area contributed by atoms with Crippen LogP contribution in [0.5, 0.6) is 0 Å². The first-order chi connectivity index (χ1) is 8.66. The highest BCUT2D eigenvalue weighted by molar-refractivity contribution is 9.10. The normalized spacial score (nSPS) is 11.6. The lowest BCUT2D eigenvalue weighted by Gasteiger charge is -2.02. The Kier molecular flexibility index (Phi) is 4.81. The Morgan fingerprint density at radius 1 is 1.06 bits per heavy atom. The van der Waals surface area contributed by atoms with Gasteiger partial charge in [0.15, 0.2) is 0 Å². The SMILES string of the molecule is Cl/C(=N\Cc1ccc(Br)cc1)c1ccccc1Cl. The molecule has 2 aromatic carbocycles. The van der Waals surface area contributed by atoms with Gasteiger partial charge in [-0.2, -0.15) is 0 Å². The van der Waals surface area contributed by atoms with Crippen LogP contribution >= 0.6 is 39.1 Å². The zero-order valence-electron chi connectivity index (χ0n) is 9.41. The van der Waals surface area contributed by atoms with Gasteiger partial charge in [0.25, 0.3) is 0 Å². The van der Waals surface area contributed by atoms with E-state index in [0.29, 0.717) is 16.7 Å². The zero-order chi connectivity index (χ0) is 13.0. The van der Waals surface area contributed by atoms with Gasteiger partial charge in [-0.05, 0) is 23.8 Å². The van der Waals surface area contributed by atoms with Crippen molar-refractivity contribution < 1.29 is 0 Å². The van der Waals surface area contributed by atoms with Crippen LogP contribution in [0.3, 0.4) is 0 Å². The van der Waals surface area contributed by atoms with Crippen molar-refractivity contribution in [2.45, 2.75) is 6.54 Å². The maximum atomic E-state index is 6.15. The van der Waals surface area contributed by atoms with Gasteiger partial charge >= 0.3 is 0 Å². The van der Waals surface area contributed by atoms with Crippen molar-refractivity contribution in [2.75, 3.05) is 0 Å². The molecule has 0 fully saturated rings. The van der Waals surface area contributed by atoms with Gasteiger partial charge in [-0.15, -0.1) is 0 Å². The Bertz CT molecular complexity index is 564. The Morgan fingerprint density at radius 3 is 2.39 bits per heavy atom. The Balaban J connectivity index is 2.14. The van der Waals surface area contributed by atoms with Crippen LogP contribution in [0.2, 0.25) is 5.02 Å². The van der Waals surface area contributed by atoms with E-state index in [9.17, 15) is 0 Å². The molecule has 18 heavy (non-hydrogen) atoms. The minimum Gasteiger partial charge on any atom is -0.268 e. The molecule has 0 saturated heterocycles. The largest absolute Gasteiger partial charge is 0.268 e. The molecule has 0 spiro atoms. The molecular weight excluding hydrogens is 333 g/mol. The second-order valence-electron chi connectivity index (χ2n) is 3.71. The monoisotopic (exact) mass is 341 g/mol. The fraction of sp³-hybridized carbons (Fsp3) is 0.0714. The molecule has 0 radical (unpaired) electrons. The number of benzene rings is 2. The summed E-state index contributed by atoms with van der Waals surface area (Å²) in [5.74, 6) is 0. The van der Waals surface area contributed by atoms with Gasteiger partial charge < -0.3 is 0 Å². The van der Waals surface area contributed by atoms with Crippen molar-refractivity contribution in [1.82, 2.24) is 0 Å². The number of nitrogens with zero attached hydrogens (tertiary/aromatic N) is 1. The third kappa shape index (κ3) is 3.58. The summed E-state index contributed by atoms with van der Waals surface area (Å²) >= 11 is 15.6. The molecule has 2 aromatic rings. The topological polar surface area (TPSA) is 12.4 Å². The van der Waals surface area contributed by atoms with Gasteiger partial charge in [-0.25, -0.2) is 0 Å². The highest BCUT2D eigenvalue weighted by Gasteiger charge is 2.04. The number of halogens is 3. The molecule has 92 valence electrons. The lowest BCUT2D eigenvalue weighted by Crippen LogP contribution is -1.93. The smallest absolute Gasteiger partial charge is 0.132 e. The van der Waals surface area contributed by atoms with Crippen molar-refractivity contribution in [1.29, 1.82) is 0 Å². The van der Waals surface area contributed by atoms with E-state index in [-0.39, 0.29) is 0 Å². The molecule has 0 bridgehead atoms. The van der Waals surface area contributed by atoms with E-state index < -0.39 is 0 Å². The molecule has 4 heteroatoms. The number of aliphatic imine (C=N–C) groups is 1. The van der Waals surface area contributed by atoms with Crippen LogP contribution in [0, 0.1) is 0 Å². The molecule has 0 saturated carbocycles.